The van der Waals surface area contributed by atoms with Crippen LogP contribution in [0.4, 0.5) is 5.69 Å². The van der Waals surface area contributed by atoms with Gasteiger partial charge in [-0.15, -0.1) is 0 Å². The number of methoxy groups -OCH3 is 2. The van der Waals surface area contributed by atoms with Gasteiger partial charge in [-0.25, -0.2) is 0 Å². The summed E-state index contributed by atoms with van der Waals surface area (Å²) in [6.45, 7) is 1.75. The SMILES string of the molecule is COc1ccc(C(C)NC(=O)/C(C#N)=C\Nc2cccc(S(=O)(=O)O)c2)cc1OC. The molecule has 0 radical (unpaired) electrons. The first-order valence-electron chi connectivity index (χ1n) is 8.66. The fourth-order valence-corrected chi connectivity index (χ4v) is 3.06. The molecule has 0 aliphatic heterocycles. The Morgan fingerprint density at radius 3 is 2.47 bits per heavy atom. The third-order valence-corrected chi connectivity index (χ3v) is 4.98. The van der Waals surface area contributed by atoms with Gasteiger partial charge < -0.3 is 20.1 Å². The topological polar surface area (TPSA) is 138 Å². The molecular weight excluding hydrogens is 410 g/mol. The first-order chi connectivity index (χ1) is 14.2. The summed E-state index contributed by atoms with van der Waals surface area (Å²) in [5, 5.41) is 14.7. The van der Waals surface area contributed by atoms with Gasteiger partial charge in [0.1, 0.15) is 11.6 Å². The van der Waals surface area contributed by atoms with Crippen molar-refractivity contribution >= 4 is 21.7 Å². The van der Waals surface area contributed by atoms with Crippen molar-refractivity contribution in [2.24, 2.45) is 0 Å². The van der Waals surface area contributed by atoms with Gasteiger partial charge in [0, 0.05) is 11.9 Å². The van der Waals surface area contributed by atoms with E-state index in [4.69, 9.17) is 14.0 Å². The van der Waals surface area contributed by atoms with Crippen LogP contribution in [0, 0.1) is 11.3 Å². The van der Waals surface area contributed by atoms with E-state index in [1.807, 2.05) is 0 Å². The first-order valence-corrected chi connectivity index (χ1v) is 10.1. The quantitative estimate of drug-likeness (QED) is 0.329. The average Bonchev–Trinajstić information content (AvgIpc) is 2.73. The molecule has 1 amide bonds. The predicted octanol–water partition coefficient (Wildman–Crippen LogP) is 2.65. The minimum absolute atomic E-state index is 0.223. The number of carbonyl (C=O) groups excluding carboxylic acids is 1. The number of hydrogen-bond acceptors (Lipinski definition) is 7. The highest BCUT2D eigenvalue weighted by atomic mass is 32.2. The number of ether oxygens (including phenoxy) is 2. The van der Waals surface area contributed by atoms with Crippen LogP contribution < -0.4 is 20.1 Å². The highest BCUT2D eigenvalue weighted by molar-refractivity contribution is 7.85. The zero-order chi connectivity index (χ0) is 22.3. The Morgan fingerprint density at radius 1 is 1.17 bits per heavy atom. The van der Waals surface area contributed by atoms with Gasteiger partial charge in [-0.1, -0.05) is 12.1 Å². The van der Waals surface area contributed by atoms with Crippen LogP contribution in [0.3, 0.4) is 0 Å². The molecular formula is C20H21N3O6S. The lowest BCUT2D eigenvalue weighted by Crippen LogP contribution is -2.28. The fraction of sp³-hybridized carbons (Fsp3) is 0.200. The van der Waals surface area contributed by atoms with E-state index in [1.54, 1.807) is 31.2 Å². The van der Waals surface area contributed by atoms with E-state index in [1.165, 1.54) is 38.5 Å². The van der Waals surface area contributed by atoms with Crippen molar-refractivity contribution < 1.29 is 27.2 Å². The van der Waals surface area contributed by atoms with E-state index in [-0.39, 0.29) is 16.2 Å². The van der Waals surface area contributed by atoms with Gasteiger partial charge in [0.25, 0.3) is 16.0 Å². The Balaban J connectivity index is 2.14. The number of rotatable bonds is 8. The Kier molecular flexibility index (Phi) is 7.41. The summed E-state index contributed by atoms with van der Waals surface area (Å²) in [5.41, 5.74) is 0.797. The monoisotopic (exact) mass is 431 g/mol. The smallest absolute Gasteiger partial charge is 0.294 e. The molecule has 0 spiro atoms. The molecule has 1 unspecified atom stereocenters. The van der Waals surface area contributed by atoms with Crippen LogP contribution in [0.5, 0.6) is 11.5 Å². The third-order valence-electron chi connectivity index (χ3n) is 4.14. The van der Waals surface area contributed by atoms with Crippen molar-refractivity contribution in [3.8, 4) is 17.6 Å². The molecule has 0 aromatic heterocycles. The van der Waals surface area contributed by atoms with E-state index < -0.39 is 22.1 Å². The number of anilines is 1. The van der Waals surface area contributed by atoms with E-state index in [9.17, 15) is 18.5 Å². The lowest BCUT2D eigenvalue weighted by atomic mass is 10.1. The number of nitrogens with zero attached hydrogens (tertiary/aromatic N) is 1. The second kappa shape index (κ2) is 9.78. The van der Waals surface area contributed by atoms with Crippen LogP contribution in [0.2, 0.25) is 0 Å². The molecule has 2 aromatic carbocycles. The van der Waals surface area contributed by atoms with Crippen molar-refractivity contribution in [2.45, 2.75) is 17.9 Å². The van der Waals surface area contributed by atoms with Crippen molar-refractivity contribution in [1.29, 1.82) is 5.26 Å². The zero-order valence-electron chi connectivity index (χ0n) is 16.5. The van der Waals surface area contributed by atoms with Gasteiger partial charge in [-0.2, -0.15) is 13.7 Å². The molecule has 158 valence electrons. The van der Waals surface area contributed by atoms with Gasteiger partial charge >= 0.3 is 0 Å². The lowest BCUT2D eigenvalue weighted by Gasteiger charge is -2.16. The van der Waals surface area contributed by atoms with E-state index in [2.05, 4.69) is 10.6 Å². The number of nitrogens with one attached hydrogen (secondary N) is 2. The molecule has 3 N–H and O–H groups in total. The molecule has 0 heterocycles. The average molecular weight is 431 g/mol. The second-order valence-corrected chi connectivity index (χ2v) is 7.55. The molecule has 0 fully saturated rings. The first kappa shape index (κ1) is 22.7. The maximum Gasteiger partial charge on any atom is 0.294 e. The van der Waals surface area contributed by atoms with Crippen LogP contribution >= 0.6 is 0 Å². The minimum atomic E-state index is -4.37. The van der Waals surface area contributed by atoms with Gasteiger partial charge in [-0.05, 0) is 42.8 Å². The van der Waals surface area contributed by atoms with E-state index >= 15 is 0 Å². The molecule has 30 heavy (non-hydrogen) atoms. The molecule has 1 atom stereocenters. The molecule has 0 saturated heterocycles. The van der Waals surface area contributed by atoms with Gasteiger partial charge in [0.15, 0.2) is 11.5 Å². The normalized spacial score (nSPS) is 12.4. The largest absolute Gasteiger partial charge is 0.493 e. The standard InChI is InChI=1S/C20H21N3O6S/c1-13(14-7-8-18(28-2)19(9-14)29-3)23-20(24)15(11-21)12-22-16-5-4-6-17(10-16)30(25,26)27/h4-10,12-13,22H,1-3H3,(H,23,24)(H,25,26,27)/b15-12-. The van der Waals surface area contributed by atoms with Crippen molar-refractivity contribution in [3.05, 3.63) is 59.8 Å². The third kappa shape index (κ3) is 5.73. The molecule has 0 bridgehead atoms. The Hall–Kier alpha value is -3.55. The Morgan fingerprint density at radius 2 is 1.87 bits per heavy atom. The van der Waals surface area contributed by atoms with Crippen LogP contribution in [0.25, 0.3) is 0 Å². The summed E-state index contributed by atoms with van der Waals surface area (Å²) >= 11 is 0. The van der Waals surface area contributed by atoms with Crippen LogP contribution in [-0.2, 0) is 14.9 Å². The van der Waals surface area contributed by atoms with Crippen LogP contribution in [0.1, 0.15) is 18.5 Å². The summed E-state index contributed by atoms with van der Waals surface area (Å²) in [5.74, 6) is 0.430. The summed E-state index contributed by atoms with van der Waals surface area (Å²) in [6, 6.07) is 11.9. The van der Waals surface area contributed by atoms with Crippen molar-refractivity contribution in [3.63, 3.8) is 0 Å². The number of amides is 1. The second-order valence-electron chi connectivity index (χ2n) is 6.13. The highest BCUT2D eigenvalue weighted by Gasteiger charge is 2.16. The summed E-state index contributed by atoms with van der Waals surface area (Å²) in [7, 11) is -1.34. The number of carbonyl (C=O) groups is 1. The molecule has 0 aliphatic rings. The number of hydrogen-bond donors (Lipinski definition) is 3. The fourth-order valence-electron chi connectivity index (χ4n) is 2.53. The minimum Gasteiger partial charge on any atom is -0.493 e. The zero-order valence-corrected chi connectivity index (χ0v) is 17.4. The van der Waals surface area contributed by atoms with Gasteiger partial charge in [0.05, 0.1) is 25.2 Å². The number of benzene rings is 2. The highest BCUT2D eigenvalue weighted by Crippen LogP contribution is 2.30. The van der Waals surface area contributed by atoms with Crippen molar-refractivity contribution in [1.82, 2.24) is 5.32 Å². The summed E-state index contributed by atoms with van der Waals surface area (Å²) < 4.78 is 42.0. The van der Waals surface area contributed by atoms with E-state index in [0.717, 1.165) is 11.8 Å². The van der Waals surface area contributed by atoms with Crippen molar-refractivity contribution in [2.75, 3.05) is 19.5 Å². The molecule has 2 rings (SSSR count). The van der Waals surface area contributed by atoms with Crippen LogP contribution in [0.15, 0.2) is 59.1 Å². The maximum atomic E-state index is 12.4. The lowest BCUT2D eigenvalue weighted by molar-refractivity contribution is -0.117. The molecule has 10 heteroatoms. The van der Waals surface area contributed by atoms with Gasteiger partial charge in [-0.3, -0.25) is 9.35 Å². The van der Waals surface area contributed by atoms with Crippen LogP contribution in [-0.4, -0.2) is 33.1 Å². The Bertz CT molecular complexity index is 1110. The number of nitriles is 1. The maximum absolute atomic E-state index is 12.4. The predicted molar refractivity (Wildman–Crippen MR) is 110 cm³/mol. The van der Waals surface area contributed by atoms with E-state index in [0.29, 0.717) is 11.5 Å². The summed E-state index contributed by atoms with van der Waals surface area (Å²) in [6.07, 6.45) is 1.15. The molecule has 9 nitrogen and oxygen atoms in total. The molecule has 0 aliphatic carbocycles. The molecule has 0 saturated carbocycles. The molecule has 2 aromatic rings. The summed E-state index contributed by atoms with van der Waals surface area (Å²) in [4.78, 5) is 12.1. The Labute approximate surface area is 174 Å². The van der Waals surface area contributed by atoms with Gasteiger partial charge in [0.2, 0.25) is 0 Å².